The molecule has 16 heavy (non-hydrogen) atoms. The lowest BCUT2D eigenvalue weighted by atomic mass is 10.3. The van der Waals surface area contributed by atoms with Crippen molar-refractivity contribution in [2.75, 3.05) is 19.5 Å². The van der Waals surface area contributed by atoms with Crippen LogP contribution in [0.4, 0.5) is 0 Å². The first-order valence-electron chi connectivity index (χ1n) is 5.40. The van der Waals surface area contributed by atoms with E-state index in [2.05, 4.69) is 35.0 Å². The Hall–Kier alpha value is -0.163. The Morgan fingerprint density at radius 2 is 1.75 bits per heavy atom. The summed E-state index contributed by atoms with van der Waals surface area (Å²) in [7, 11) is 1.27. The Kier molecular flexibility index (Phi) is 5.68. The Bertz CT molecular complexity index is 301. The number of halogens is 1. The fourth-order valence-electron chi connectivity index (χ4n) is 1.81. The van der Waals surface area contributed by atoms with E-state index in [0.29, 0.717) is 5.92 Å². The van der Waals surface area contributed by atoms with Crippen LogP contribution in [0.25, 0.3) is 0 Å². The summed E-state index contributed by atoms with van der Waals surface area (Å²) < 4.78 is 11.5. The van der Waals surface area contributed by atoms with Crippen LogP contribution in [0.5, 0.6) is 0 Å². The molecule has 0 aromatic heterocycles. The summed E-state index contributed by atoms with van der Waals surface area (Å²) in [6.45, 7) is 2.21. The van der Waals surface area contributed by atoms with Crippen LogP contribution in [-0.2, 0) is 8.85 Å². The molecule has 0 heterocycles. The number of hydrogen-bond donors (Lipinski definition) is 0. The minimum Gasteiger partial charge on any atom is -0.394 e. The van der Waals surface area contributed by atoms with Gasteiger partial charge < -0.3 is 8.85 Å². The summed E-state index contributed by atoms with van der Waals surface area (Å²) in [5.74, 6) is 0.548. The molecular weight excluding hydrogens is 284 g/mol. The second-order valence-electron chi connectivity index (χ2n) is 3.99. The molecule has 1 aromatic carbocycles. The van der Waals surface area contributed by atoms with Crippen LogP contribution in [0.3, 0.4) is 0 Å². The molecule has 2 nitrogen and oxygen atoms in total. The summed E-state index contributed by atoms with van der Waals surface area (Å²) in [5, 5.41) is 2.18. The average molecular weight is 303 g/mol. The van der Waals surface area contributed by atoms with Gasteiger partial charge in [-0.05, 0) is 17.1 Å². The minimum atomic E-state index is -2.23. The van der Waals surface area contributed by atoms with Crippen molar-refractivity contribution in [3.63, 3.8) is 0 Å². The number of hydrogen-bond acceptors (Lipinski definition) is 2. The molecule has 0 aliphatic heterocycles. The molecule has 0 fully saturated rings. The zero-order chi connectivity index (χ0) is 12.0. The lowest BCUT2D eigenvalue weighted by molar-refractivity contribution is 0.252. The van der Waals surface area contributed by atoms with Crippen LogP contribution in [0.15, 0.2) is 30.3 Å². The zero-order valence-electron chi connectivity index (χ0n) is 10.1. The van der Waals surface area contributed by atoms with E-state index in [9.17, 15) is 0 Å². The lowest BCUT2D eigenvalue weighted by Crippen LogP contribution is -2.53. The Balaban J connectivity index is 2.96. The molecule has 0 radical (unpaired) electrons. The van der Waals surface area contributed by atoms with Gasteiger partial charge in [-0.25, -0.2) is 0 Å². The molecule has 0 amide bonds. The van der Waals surface area contributed by atoms with Crippen LogP contribution in [0, 0.1) is 5.92 Å². The smallest absolute Gasteiger partial charge is 0.372 e. The van der Waals surface area contributed by atoms with E-state index in [1.54, 1.807) is 14.2 Å². The highest BCUT2D eigenvalue weighted by atomic mass is 79.9. The standard InChI is InChI=1S/C12H19BrO2Si/c1-11(9-13)10-16(14-2,15-3)12-7-5-4-6-8-12/h4-8,11H,9-10H2,1-3H3. The molecule has 0 spiro atoms. The van der Waals surface area contributed by atoms with Gasteiger partial charge in [0.05, 0.1) is 0 Å². The van der Waals surface area contributed by atoms with E-state index in [1.807, 2.05) is 18.2 Å². The molecule has 0 saturated carbocycles. The number of benzene rings is 1. The van der Waals surface area contributed by atoms with Gasteiger partial charge in [0, 0.05) is 19.5 Å². The van der Waals surface area contributed by atoms with Gasteiger partial charge in [-0.1, -0.05) is 53.2 Å². The van der Waals surface area contributed by atoms with Crippen molar-refractivity contribution in [2.45, 2.75) is 13.0 Å². The average Bonchev–Trinajstić information content (AvgIpc) is 2.37. The Morgan fingerprint density at radius 1 is 1.19 bits per heavy atom. The molecule has 0 bridgehead atoms. The van der Waals surface area contributed by atoms with Crippen LogP contribution in [-0.4, -0.2) is 28.1 Å². The summed E-state index contributed by atoms with van der Waals surface area (Å²) >= 11 is 3.51. The number of rotatable bonds is 6. The van der Waals surface area contributed by atoms with E-state index in [-0.39, 0.29) is 0 Å². The van der Waals surface area contributed by atoms with E-state index < -0.39 is 8.56 Å². The first kappa shape index (κ1) is 13.9. The van der Waals surface area contributed by atoms with Crippen molar-refractivity contribution in [3.8, 4) is 0 Å². The van der Waals surface area contributed by atoms with Crippen LogP contribution >= 0.6 is 15.9 Å². The van der Waals surface area contributed by atoms with Crippen LogP contribution in [0.1, 0.15) is 6.92 Å². The molecule has 0 aliphatic rings. The summed E-state index contributed by atoms with van der Waals surface area (Å²) in [4.78, 5) is 0. The first-order valence-corrected chi connectivity index (χ1v) is 8.55. The fraction of sp³-hybridized carbons (Fsp3) is 0.500. The van der Waals surface area contributed by atoms with Gasteiger partial charge in [-0.15, -0.1) is 0 Å². The van der Waals surface area contributed by atoms with Crippen molar-refractivity contribution in [1.82, 2.24) is 0 Å². The van der Waals surface area contributed by atoms with Gasteiger partial charge in [0.15, 0.2) is 0 Å². The van der Waals surface area contributed by atoms with Crippen molar-refractivity contribution in [1.29, 1.82) is 0 Å². The van der Waals surface area contributed by atoms with Gasteiger partial charge in [0.2, 0.25) is 0 Å². The largest absolute Gasteiger partial charge is 0.394 e. The van der Waals surface area contributed by atoms with E-state index in [0.717, 1.165) is 11.4 Å². The normalized spacial score (nSPS) is 13.8. The molecule has 90 valence electrons. The topological polar surface area (TPSA) is 18.5 Å². The van der Waals surface area contributed by atoms with Gasteiger partial charge in [0.25, 0.3) is 0 Å². The molecular formula is C12H19BrO2Si. The molecule has 0 N–H and O–H groups in total. The molecule has 1 atom stereocenters. The molecule has 0 aliphatic carbocycles. The van der Waals surface area contributed by atoms with Crippen molar-refractivity contribution in [3.05, 3.63) is 30.3 Å². The maximum atomic E-state index is 5.74. The summed E-state index contributed by atoms with van der Waals surface area (Å²) in [5.41, 5.74) is 0. The third-order valence-corrected chi connectivity index (χ3v) is 7.63. The molecule has 1 aromatic rings. The highest BCUT2D eigenvalue weighted by Gasteiger charge is 2.39. The highest BCUT2D eigenvalue weighted by molar-refractivity contribution is 9.09. The van der Waals surface area contributed by atoms with Gasteiger partial charge in [-0.3, -0.25) is 0 Å². The van der Waals surface area contributed by atoms with E-state index in [1.165, 1.54) is 5.19 Å². The first-order chi connectivity index (χ1) is 7.68. The predicted molar refractivity (Wildman–Crippen MR) is 73.6 cm³/mol. The van der Waals surface area contributed by atoms with E-state index >= 15 is 0 Å². The maximum absolute atomic E-state index is 5.74. The molecule has 1 unspecified atom stereocenters. The van der Waals surface area contributed by atoms with Crippen molar-refractivity contribution >= 4 is 29.7 Å². The van der Waals surface area contributed by atoms with Gasteiger partial charge in [-0.2, -0.15) is 0 Å². The molecule has 0 saturated heterocycles. The van der Waals surface area contributed by atoms with E-state index in [4.69, 9.17) is 8.85 Å². The molecule has 4 heteroatoms. The van der Waals surface area contributed by atoms with Crippen LogP contribution < -0.4 is 5.19 Å². The highest BCUT2D eigenvalue weighted by Crippen LogP contribution is 2.20. The summed E-state index contributed by atoms with van der Waals surface area (Å²) in [6.07, 6.45) is 0. The SMILES string of the molecule is CO[Si](CC(C)CBr)(OC)c1ccccc1. The van der Waals surface area contributed by atoms with Crippen LogP contribution in [0.2, 0.25) is 6.04 Å². The Labute approximate surface area is 107 Å². The minimum absolute atomic E-state index is 0.548. The van der Waals surface area contributed by atoms with Crippen molar-refractivity contribution in [2.24, 2.45) is 5.92 Å². The number of alkyl halides is 1. The fourth-order valence-corrected chi connectivity index (χ4v) is 5.43. The second-order valence-corrected chi connectivity index (χ2v) is 7.95. The summed E-state index contributed by atoms with van der Waals surface area (Å²) in [6, 6.07) is 11.2. The maximum Gasteiger partial charge on any atom is 0.372 e. The third kappa shape index (κ3) is 3.17. The quantitative estimate of drug-likeness (QED) is 0.594. The second kappa shape index (κ2) is 6.54. The van der Waals surface area contributed by atoms with Crippen molar-refractivity contribution < 1.29 is 8.85 Å². The van der Waals surface area contributed by atoms with Gasteiger partial charge in [0.1, 0.15) is 0 Å². The Morgan fingerprint density at radius 3 is 2.19 bits per heavy atom. The third-order valence-electron chi connectivity index (χ3n) is 2.75. The lowest BCUT2D eigenvalue weighted by Gasteiger charge is -2.29. The monoisotopic (exact) mass is 302 g/mol. The van der Waals surface area contributed by atoms with Gasteiger partial charge >= 0.3 is 8.56 Å². The molecule has 1 rings (SSSR count). The predicted octanol–water partition coefficient (Wildman–Crippen LogP) is 2.66. The zero-order valence-corrected chi connectivity index (χ0v) is 12.7.